The summed E-state index contributed by atoms with van der Waals surface area (Å²) >= 11 is 0. The van der Waals surface area contributed by atoms with E-state index in [0.717, 1.165) is 38.5 Å². The summed E-state index contributed by atoms with van der Waals surface area (Å²) in [6, 6.07) is 9.92. The summed E-state index contributed by atoms with van der Waals surface area (Å²) in [4.78, 5) is 13.0. The number of amides is 1. The van der Waals surface area contributed by atoms with Gasteiger partial charge in [0.2, 0.25) is 10.0 Å². The molecular formula is C22H24N2O5S. The third kappa shape index (κ3) is 3.65. The SMILES string of the molecule is Cc1ccc(S(=O)(=O)NC2CC2)cc1C(=O)Nc1ccc2c(c1)OC1(CCCC1)O2. The van der Waals surface area contributed by atoms with Crippen molar-refractivity contribution in [3.05, 3.63) is 47.5 Å². The lowest BCUT2D eigenvalue weighted by molar-refractivity contribution is -0.0716. The minimum absolute atomic E-state index is 0.00498. The molecule has 0 bridgehead atoms. The molecule has 2 aromatic carbocycles. The lowest BCUT2D eigenvalue weighted by Gasteiger charge is -2.21. The summed E-state index contributed by atoms with van der Waals surface area (Å²) in [5.41, 5.74) is 1.59. The first-order valence-corrected chi connectivity index (χ1v) is 11.8. The molecule has 2 aliphatic carbocycles. The van der Waals surface area contributed by atoms with Gasteiger partial charge in [-0.3, -0.25) is 4.79 Å². The van der Waals surface area contributed by atoms with Crippen molar-refractivity contribution < 1.29 is 22.7 Å². The quantitative estimate of drug-likeness (QED) is 0.757. The molecule has 0 unspecified atom stereocenters. The molecule has 158 valence electrons. The number of hydrogen-bond donors (Lipinski definition) is 2. The van der Waals surface area contributed by atoms with Crippen LogP contribution < -0.4 is 19.5 Å². The molecule has 3 aliphatic rings. The van der Waals surface area contributed by atoms with Crippen molar-refractivity contribution >= 4 is 21.6 Å². The standard InChI is InChI=1S/C22H24N2O5S/c1-14-4-8-17(30(26,27)24-15-5-6-15)13-18(14)21(25)23-16-7-9-19-20(12-16)29-22(28-19)10-2-3-11-22/h4,7-9,12-13,15,24H,2-3,5-6,10-11H2,1H3,(H,23,25). The molecule has 30 heavy (non-hydrogen) atoms. The number of carbonyl (C=O) groups excluding carboxylic acids is 1. The third-order valence-electron chi connectivity index (χ3n) is 5.82. The van der Waals surface area contributed by atoms with Gasteiger partial charge in [0.25, 0.3) is 11.7 Å². The van der Waals surface area contributed by atoms with Crippen LogP contribution in [-0.2, 0) is 10.0 Å². The van der Waals surface area contributed by atoms with Crippen LogP contribution in [-0.4, -0.2) is 26.2 Å². The Kier molecular flexibility index (Phi) is 4.52. The topological polar surface area (TPSA) is 93.7 Å². The van der Waals surface area contributed by atoms with Gasteiger partial charge in [-0.2, -0.15) is 0 Å². The third-order valence-corrected chi connectivity index (χ3v) is 7.34. The Hall–Kier alpha value is -2.58. The first kappa shape index (κ1) is 19.4. The van der Waals surface area contributed by atoms with E-state index in [1.54, 1.807) is 31.2 Å². The lowest BCUT2D eigenvalue weighted by atomic mass is 10.1. The van der Waals surface area contributed by atoms with Crippen LogP contribution in [0.4, 0.5) is 5.69 Å². The molecule has 1 spiro atoms. The second-order valence-electron chi connectivity index (χ2n) is 8.31. The molecular weight excluding hydrogens is 404 g/mol. The number of ether oxygens (including phenoxy) is 2. The van der Waals surface area contributed by atoms with Gasteiger partial charge in [0.05, 0.1) is 4.90 Å². The van der Waals surface area contributed by atoms with Crippen molar-refractivity contribution in [1.82, 2.24) is 4.72 Å². The Morgan fingerprint density at radius 3 is 2.50 bits per heavy atom. The highest BCUT2D eigenvalue weighted by molar-refractivity contribution is 7.89. The molecule has 5 rings (SSSR count). The molecule has 0 aromatic heterocycles. The van der Waals surface area contributed by atoms with E-state index in [-0.39, 0.29) is 16.8 Å². The first-order valence-electron chi connectivity index (χ1n) is 10.3. The number of anilines is 1. The van der Waals surface area contributed by atoms with E-state index in [1.165, 1.54) is 12.1 Å². The molecule has 0 radical (unpaired) electrons. The zero-order valence-corrected chi connectivity index (χ0v) is 17.6. The van der Waals surface area contributed by atoms with Gasteiger partial charge in [-0.1, -0.05) is 6.07 Å². The number of aryl methyl sites for hydroxylation is 1. The predicted octanol–water partition coefficient (Wildman–Crippen LogP) is 3.73. The summed E-state index contributed by atoms with van der Waals surface area (Å²) in [6.07, 6.45) is 5.57. The van der Waals surface area contributed by atoms with Gasteiger partial charge in [0.1, 0.15) is 0 Å². The van der Waals surface area contributed by atoms with Gasteiger partial charge in [-0.25, -0.2) is 13.1 Å². The van der Waals surface area contributed by atoms with Crippen molar-refractivity contribution in [2.75, 3.05) is 5.32 Å². The summed E-state index contributed by atoms with van der Waals surface area (Å²) in [6.45, 7) is 1.78. The lowest BCUT2D eigenvalue weighted by Crippen LogP contribution is -2.34. The molecule has 2 N–H and O–H groups in total. The number of hydrogen-bond acceptors (Lipinski definition) is 5. The average Bonchev–Trinajstić information content (AvgIpc) is 3.26. The largest absolute Gasteiger partial charge is 0.448 e. The van der Waals surface area contributed by atoms with Crippen LogP contribution in [0.3, 0.4) is 0 Å². The van der Waals surface area contributed by atoms with E-state index in [1.807, 2.05) is 0 Å². The second-order valence-corrected chi connectivity index (χ2v) is 10.0. The predicted molar refractivity (Wildman–Crippen MR) is 111 cm³/mol. The minimum atomic E-state index is -3.63. The maximum absolute atomic E-state index is 12.9. The highest BCUT2D eigenvalue weighted by atomic mass is 32.2. The van der Waals surface area contributed by atoms with Gasteiger partial charge in [0.15, 0.2) is 11.5 Å². The fourth-order valence-corrected chi connectivity index (χ4v) is 5.32. The van der Waals surface area contributed by atoms with Crippen LogP contribution in [0.1, 0.15) is 54.4 Å². The molecule has 2 aromatic rings. The van der Waals surface area contributed by atoms with E-state index >= 15 is 0 Å². The van der Waals surface area contributed by atoms with Gasteiger partial charge >= 0.3 is 0 Å². The van der Waals surface area contributed by atoms with E-state index in [0.29, 0.717) is 28.3 Å². The van der Waals surface area contributed by atoms with Gasteiger partial charge in [-0.05, 0) is 62.4 Å². The summed E-state index contributed by atoms with van der Waals surface area (Å²) in [5, 5.41) is 2.85. The van der Waals surface area contributed by atoms with Crippen molar-refractivity contribution in [2.24, 2.45) is 0 Å². The van der Waals surface area contributed by atoms with Gasteiger partial charge in [-0.15, -0.1) is 0 Å². The van der Waals surface area contributed by atoms with E-state index < -0.39 is 15.8 Å². The summed E-state index contributed by atoms with van der Waals surface area (Å²) < 4.78 is 39.7. The second kappa shape index (κ2) is 6.99. The zero-order chi connectivity index (χ0) is 20.9. The molecule has 8 heteroatoms. The van der Waals surface area contributed by atoms with Crippen LogP contribution in [0.15, 0.2) is 41.3 Å². The first-order chi connectivity index (χ1) is 14.3. The monoisotopic (exact) mass is 428 g/mol. The maximum Gasteiger partial charge on any atom is 0.255 e. The Bertz CT molecular complexity index is 1120. The van der Waals surface area contributed by atoms with Crippen LogP contribution in [0.2, 0.25) is 0 Å². The Morgan fingerprint density at radius 1 is 1.03 bits per heavy atom. The number of sulfonamides is 1. The molecule has 0 atom stereocenters. The molecule has 2 fully saturated rings. The molecule has 1 aliphatic heterocycles. The number of nitrogens with one attached hydrogen (secondary N) is 2. The smallest absolute Gasteiger partial charge is 0.255 e. The summed E-state index contributed by atoms with van der Waals surface area (Å²) in [7, 11) is -3.63. The molecule has 1 heterocycles. The van der Waals surface area contributed by atoms with Crippen molar-refractivity contribution in [3.8, 4) is 11.5 Å². The van der Waals surface area contributed by atoms with Crippen LogP contribution >= 0.6 is 0 Å². The fraction of sp³-hybridized carbons (Fsp3) is 0.409. The average molecular weight is 429 g/mol. The fourth-order valence-electron chi connectivity index (χ4n) is 3.99. The Morgan fingerprint density at radius 2 is 1.77 bits per heavy atom. The van der Waals surface area contributed by atoms with E-state index in [9.17, 15) is 13.2 Å². The van der Waals surface area contributed by atoms with Gasteiger partial charge < -0.3 is 14.8 Å². The molecule has 7 nitrogen and oxygen atoms in total. The number of fused-ring (bicyclic) bond motifs is 1. The van der Waals surface area contributed by atoms with Crippen molar-refractivity contribution in [1.29, 1.82) is 0 Å². The van der Waals surface area contributed by atoms with Gasteiger partial charge in [0, 0.05) is 36.2 Å². The van der Waals surface area contributed by atoms with Crippen LogP contribution in [0.25, 0.3) is 0 Å². The normalized spacial score (nSPS) is 19.2. The number of rotatable bonds is 5. The Balaban J connectivity index is 1.35. The molecule has 0 saturated heterocycles. The van der Waals surface area contributed by atoms with E-state index in [2.05, 4.69) is 10.0 Å². The minimum Gasteiger partial charge on any atom is -0.448 e. The number of carbonyl (C=O) groups is 1. The highest BCUT2D eigenvalue weighted by Gasteiger charge is 2.44. The molecule has 1 amide bonds. The Labute approximate surface area is 175 Å². The van der Waals surface area contributed by atoms with Crippen molar-refractivity contribution in [2.45, 2.75) is 62.2 Å². The van der Waals surface area contributed by atoms with Crippen LogP contribution in [0.5, 0.6) is 11.5 Å². The maximum atomic E-state index is 12.9. The summed E-state index contributed by atoms with van der Waals surface area (Å²) in [5.74, 6) is 0.380. The molecule has 2 saturated carbocycles. The van der Waals surface area contributed by atoms with Crippen molar-refractivity contribution in [3.63, 3.8) is 0 Å². The zero-order valence-electron chi connectivity index (χ0n) is 16.7. The highest BCUT2D eigenvalue weighted by Crippen LogP contribution is 2.47. The van der Waals surface area contributed by atoms with Crippen LogP contribution in [0, 0.1) is 6.92 Å². The number of benzene rings is 2. The van der Waals surface area contributed by atoms with E-state index in [4.69, 9.17) is 9.47 Å².